The molecule has 2 N–H and O–H groups in total. The number of likely N-dealkylation sites (tertiary alicyclic amines) is 1. The first-order chi connectivity index (χ1) is 15.4. The Labute approximate surface area is 195 Å². The Morgan fingerprint density at radius 1 is 1.06 bits per heavy atom. The first-order valence-corrected chi connectivity index (χ1v) is 12.3. The first kappa shape index (κ1) is 24.6. The minimum atomic E-state index is -3.89. The molecule has 1 fully saturated rings. The van der Waals surface area contributed by atoms with Crippen LogP contribution in [0.1, 0.15) is 39.2 Å². The number of hydrogen-bond donors (Lipinski definition) is 2. The van der Waals surface area contributed by atoms with E-state index in [0.29, 0.717) is 35.7 Å². The van der Waals surface area contributed by atoms with Crippen LogP contribution in [-0.4, -0.2) is 44.8 Å². The van der Waals surface area contributed by atoms with E-state index in [-0.39, 0.29) is 16.7 Å². The minimum absolute atomic E-state index is 0.0603. The largest absolute Gasteiger partial charge is 0.497 e. The predicted molar refractivity (Wildman–Crippen MR) is 128 cm³/mol. The number of amides is 2. The molecule has 0 bridgehead atoms. The smallest absolute Gasteiger partial charge is 0.262 e. The van der Waals surface area contributed by atoms with Gasteiger partial charge >= 0.3 is 0 Å². The second-order valence-electron chi connectivity index (χ2n) is 9.21. The summed E-state index contributed by atoms with van der Waals surface area (Å²) in [7, 11) is -2.36. The van der Waals surface area contributed by atoms with Gasteiger partial charge in [-0.25, -0.2) is 8.42 Å². The van der Waals surface area contributed by atoms with Crippen molar-refractivity contribution in [2.75, 3.05) is 23.7 Å². The van der Waals surface area contributed by atoms with Crippen LogP contribution in [0.25, 0.3) is 0 Å². The number of rotatable bonds is 6. The normalized spacial score (nSPS) is 16.4. The molecule has 0 radical (unpaired) electrons. The summed E-state index contributed by atoms with van der Waals surface area (Å²) in [6, 6.07) is 10.7. The van der Waals surface area contributed by atoms with E-state index in [1.807, 2.05) is 20.8 Å². The molecule has 1 atom stereocenters. The van der Waals surface area contributed by atoms with Gasteiger partial charge < -0.3 is 15.0 Å². The van der Waals surface area contributed by atoms with Gasteiger partial charge in [-0.15, -0.1) is 0 Å². The molecule has 1 unspecified atom stereocenters. The quantitative estimate of drug-likeness (QED) is 0.664. The highest BCUT2D eigenvalue weighted by Crippen LogP contribution is 2.28. The fourth-order valence-electron chi connectivity index (χ4n) is 3.78. The second-order valence-corrected chi connectivity index (χ2v) is 10.9. The number of anilines is 2. The van der Waals surface area contributed by atoms with Crippen molar-refractivity contribution in [2.45, 2.75) is 51.5 Å². The fraction of sp³-hybridized carbons (Fsp3) is 0.417. The summed E-state index contributed by atoms with van der Waals surface area (Å²) in [5.74, 6) is 0.223. The highest BCUT2D eigenvalue weighted by molar-refractivity contribution is 7.92. The lowest BCUT2D eigenvalue weighted by molar-refractivity contribution is -0.143. The van der Waals surface area contributed by atoms with Crippen LogP contribution in [-0.2, 0) is 19.6 Å². The van der Waals surface area contributed by atoms with Crippen LogP contribution in [0.3, 0.4) is 0 Å². The number of aryl methyl sites for hydroxylation is 1. The van der Waals surface area contributed by atoms with Crippen molar-refractivity contribution in [1.82, 2.24) is 4.90 Å². The lowest BCUT2D eigenvalue weighted by atomic mass is 9.94. The topological polar surface area (TPSA) is 105 Å². The Kier molecular flexibility index (Phi) is 7.02. The molecule has 8 nitrogen and oxygen atoms in total. The van der Waals surface area contributed by atoms with Crippen LogP contribution >= 0.6 is 0 Å². The summed E-state index contributed by atoms with van der Waals surface area (Å²) in [6.45, 7) is 7.71. The maximum Gasteiger partial charge on any atom is 0.262 e. The Morgan fingerprint density at radius 3 is 2.30 bits per heavy atom. The van der Waals surface area contributed by atoms with Crippen molar-refractivity contribution in [3.05, 3.63) is 48.0 Å². The Balaban J connectivity index is 1.79. The van der Waals surface area contributed by atoms with Crippen LogP contribution in [0.4, 0.5) is 11.4 Å². The van der Waals surface area contributed by atoms with Crippen molar-refractivity contribution in [2.24, 2.45) is 5.41 Å². The molecule has 1 aliphatic rings. The Hall–Kier alpha value is -3.07. The summed E-state index contributed by atoms with van der Waals surface area (Å²) >= 11 is 0. The van der Waals surface area contributed by atoms with Gasteiger partial charge in [-0.1, -0.05) is 26.8 Å². The molecule has 0 aliphatic carbocycles. The number of ether oxygens (including phenoxy) is 1. The van der Waals surface area contributed by atoms with E-state index in [9.17, 15) is 18.0 Å². The highest BCUT2D eigenvalue weighted by Gasteiger charge is 2.38. The van der Waals surface area contributed by atoms with E-state index < -0.39 is 21.5 Å². The average Bonchev–Trinajstić information content (AvgIpc) is 3.24. The summed E-state index contributed by atoms with van der Waals surface area (Å²) in [4.78, 5) is 27.4. The molecule has 1 saturated heterocycles. The van der Waals surface area contributed by atoms with Crippen molar-refractivity contribution in [3.63, 3.8) is 0 Å². The number of carbonyl (C=O) groups is 2. The number of nitrogens with zero attached hydrogens (tertiary/aromatic N) is 1. The lowest BCUT2D eigenvalue weighted by Gasteiger charge is -2.30. The molecule has 0 spiro atoms. The van der Waals surface area contributed by atoms with Crippen molar-refractivity contribution < 1.29 is 22.7 Å². The molecule has 2 aromatic rings. The van der Waals surface area contributed by atoms with Gasteiger partial charge in [-0.3, -0.25) is 14.3 Å². The van der Waals surface area contributed by atoms with Crippen LogP contribution in [0.15, 0.2) is 47.4 Å². The van der Waals surface area contributed by atoms with Gasteiger partial charge in [-0.05, 0) is 61.7 Å². The number of hydrogen-bond acceptors (Lipinski definition) is 5. The van der Waals surface area contributed by atoms with E-state index in [0.717, 1.165) is 6.42 Å². The summed E-state index contributed by atoms with van der Waals surface area (Å²) < 4.78 is 33.7. The maximum absolute atomic E-state index is 13.0. The monoisotopic (exact) mass is 473 g/mol. The van der Waals surface area contributed by atoms with Crippen LogP contribution < -0.4 is 14.8 Å². The highest BCUT2D eigenvalue weighted by atomic mass is 32.2. The zero-order valence-corrected chi connectivity index (χ0v) is 20.5. The molecule has 3 rings (SSSR count). The first-order valence-electron chi connectivity index (χ1n) is 10.8. The van der Waals surface area contributed by atoms with Crippen molar-refractivity contribution in [3.8, 4) is 5.75 Å². The third-order valence-electron chi connectivity index (χ3n) is 5.55. The predicted octanol–water partition coefficient (Wildman–Crippen LogP) is 3.78. The van der Waals surface area contributed by atoms with E-state index in [1.54, 1.807) is 48.2 Å². The average molecular weight is 474 g/mol. The summed E-state index contributed by atoms with van der Waals surface area (Å²) in [5.41, 5.74) is 0.711. The number of carbonyl (C=O) groups excluding carboxylic acids is 2. The number of sulfonamides is 1. The molecule has 9 heteroatoms. The Bertz CT molecular complexity index is 1140. The van der Waals surface area contributed by atoms with Gasteiger partial charge in [0.1, 0.15) is 11.8 Å². The van der Waals surface area contributed by atoms with Crippen molar-refractivity contribution in [1.29, 1.82) is 0 Å². The molecule has 1 aliphatic heterocycles. The Morgan fingerprint density at radius 2 is 1.70 bits per heavy atom. The second kappa shape index (κ2) is 9.43. The van der Waals surface area contributed by atoms with Gasteiger partial charge in [0.25, 0.3) is 10.0 Å². The molecule has 33 heavy (non-hydrogen) atoms. The number of benzene rings is 2. The number of methoxy groups -OCH3 is 1. The molecule has 2 aromatic carbocycles. The molecule has 0 saturated carbocycles. The maximum atomic E-state index is 13.0. The van der Waals surface area contributed by atoms with Gasteiger partial charge in [0, 0.05) is 23.3 Å². The third kappa shape index (κ3) is 5.65. The summed E-state index contributed by atoms with van der Waals surface area (Å²) in [5, 5.41) is 2.80. The number of nitrogens with one attached hydrogen (secondary N) is 2. The van der Waals surface area contributed by atoms with Crippen molar-refractivity contribution >= 4 is 33.2 Å². The molecular weight excluding hydrogens is 442 g/mol. The molecular formula is C24H31N3O5S. The molecule has 2 amide bonds. The third-order valence-corrected chi connectivity index (χ3v) is 7.07. The molecule has 0 aromatic heterocycles. The standard InChI is InChI=1S/C24H31N3O5S/c1-16-8-9-18(25-22(28)20-7-6-14-27(20)23(29)24(2,3)4)15-21(16)33(30,31)26-17-10-12-19(32-5)13-11-17/h8-13,15,20,26H,6-7,14H2,1-5H3,(H,25,28). The lowest BCUT2D eigenvalue weighted by Crippen LogP contribution is -2.47. The van der Waals surface area contributed by atoms with Gasteiger partial charge in [0.15, 0.2) is 0 Å². The van der Waals surface area contributed by atoms with Crippen LogP contribution in [0.5, 0.6) is 5.75 Å². The van der Waals surface area contributed by atoms with E-state index in [2.05, 4.69) is 10.0 Å². The van der Waals surface area contributed by atoms with Gasteiger partial charge in [0.05, 0.1) is 12.0 Å². The zero-order valence-electron chi connectivity index (χ0n) is 19.6. The minimum Gasteiger partial charge on any atom is -0.497 e. The fourth-order valence-corrected chi connectivity index (χ4v) is 5.11. The SMILES string of the molecule is COc1ccc(NS(=O)(=O)c2cc(NC(=O)C3CCCN3C(=O)C(C)(C)C)ccc2C)cc1. The van der Waals surface area contributed by atoms with Crippen LogP contribution in [0.2, 0.25) is 0 Å². The summed E-state index contributed by atoms with van der Waals surface area (Å²) in [6.07, 6.45) is 1.32. The van der Waals surface area contributed by atoms with Crippen LogP contribution in [0, 0.1) is 12.3 Å². The van der Waals surface area contributed by atoms with E-state index >= 15 is 0 Å². The van der Waals surface area contributed by atoms with E-state index in [1.165, 1.54) is 13.2 Å². The van der Waals surface area contributed by atoms with Gasteiger partial charge in [0.2, 0.25) is 11.8 Å². The van der Waals surface area contributed by atoms with Gasteiger partial charge in [-0.2, -0.15) is 0 Å². The molecule has 178 valence electrons. The molecule has 1 heterocycles. The zero-order chi connectivity index (χ0) is 24.4. The van der Waals surface area contributed by atoms with E-state index in [4.69, 9.17) is 4.74 Å².